The minimum absolute atomic E-state index is 0. The van der Waals surface area contributed by atoms with Gasteiger partial charge in [0, 0.05) is 0 Å². The van der Waals surface area contributed by atoms with E-state index in [1.807, 2.05) is 91.0 Å². The first-order chi connectivity index (χ1) is 8.50. The predicted molar refractivity (Wildman–Crippen MR) is 72.0 cm³/mol. The van der Waals surface area contributed by atoms with Gasteiger partial charge in [-0.15, -0.1) is 0 Å². The van der Waals surface area contributed by atoms with Gasteiger partial charge in [0.1, 0.15) is 0 Å². The van der Waals surface area contributed by atoms with Gasteiger partial charge >= 0.3 is 39.9 Å². The van der Waals surface area contributed by atoms with Gasteiger partial charge in [0.25, 0.3) is 0 Å². The molecular weight excluding hydrogens is 440 g/mol. The summed E-state index contributed by atoms with van der Waals surface area (Å²) in [6, 6.07) is 30.0. The average Bonchev–Trinajstić information content (AvgIpc) is 3.16. The summed E-state index contributed by atoms with van der Waals surface area (Å²) in [4.78, 5) is 0. The quantitative estimate of drug-likeness (QED) is 0.475. The Bertz CT molecular complexity index is 243. The fourth-order valence-corrected chi connectivity index (χ4v) is 0.962. The van der Waals surface area contributed by atoms with Gasteiger partial charge in [-0.3, -0.25) is 0 Å². The molecule has 0 N–H and O–H groups in total. The van der Waals surface area contributed by atoms with Crippen molar-refractivity contribution in [1.82, 2.24) is 0 Å². The summed E-state index contributed by atoms with van der Waals surface area (Å²) >= 11 is 0. The van der Waals surface area contributed by atoms with Crippen molar-refractivity contribution in [2.45, 2.75) is 0 Å². The molecule has 0 aromatic heterocycles. The zero-order valence-corrected chi connectivity index (χ0v) is 14.7. The molecule has 2 heteroatoms. The van der Waals surface area contributed by atoms with Gasteiger partial charge in [-0.05, 0) is 0 Å². The molecule has 0 aliphatic carbocycles. The van der Waals surface area contributed by atoms with E-state index in [2.05, 4.69) is 0 Å². The minimum atomic E-state index is 0. The molecular formula is C16H18OTh. The van der Waals surface area contributed by atoms with Crippen LogP contribution in [0.25, 0.3) is 0 Å². The van der Waals surface area contributed by atoms with Crippen LogP contribution >= 0.6 is 0 Å². The maximum Gasteiger partial charge on any atom is 4.00 e. The van der Waals surface area contributed by atoms with Crippen LogP contribution < -0.4 is 5.11 Å². The molecule has 0 saturated carbocycles. The van der Waals surface area contributed by atoms with Crippen molar-refractivity contribution in [2.24, 2.45) is 0 Å². The number of rotatable bonds is 0. The van der Waals surface area contributed by atoms with Crippen LogP contribution in [0, 0.1) is 39.9 Å². The van der Waals surface area contributed by atoms with Crippen LogP contribution in [0.15, 0.2) is 91.0 Å². The van der Waals surface area contributed by atoms with E-state index in [-0.39, 0.29) is 39.9 Å². The molecule has 1 nitrogen and oxygen atoms in total. The standard InChI is InChI=1S/3C5H5.CH3O.Th/c3*1-2-4-5-3-1;1-2;/h3*1-5H;1H3;/q4*-1;+4. The van der Waals surface area contributed by atoms with Crippen molar-refractivity contribution in [3.8, 4) is 0 Å². The molecule has 0 amide bonds. The Morgan fingerprint density at radius 2 is 0.667 bits per heavy atom. The molecule has 0 aliphatic rings. The van der Waals surface area contributed by atoms with Gasteiger partial charge in [-0.2, -0.15) is 61.7 Å². The summed E-state index contributed by atoms with van der Waals surface area (Å²) in [7, 11) is 0.750. The fraction of sp³-hybridized carbons (Fsp3) is 0.0625. The summed E-state index contributed by atoms with van der Waals surface area (Å²) in [6.07, 6.45) is 0. The summed E-state index contributed by atoms with van der Waals surface area (Å²) < 4.78 is 0. The zero-order chi connectivity index (χ0) is 12.6. The van der Waals surface area contributed by atoms with E-state index in [0.717, 1.165) is 7.11 Å². The van der Waals surface area contributed by atoms with Crippen molar-refractivity contribution in [3.63, 3.8) is 0 Å². The first-order valence-electron chi connectivity index (χ1n) is 5.41. The first-order valence-corrected chi connectivity index (χ1v) is 5.41. The Morgan fingerprint density at radius 3 is 0.722 bits per heavy atom. The van der Waals surface area contributed by atoms with Gasteiger partial charge < -0.3 is 5.11 Å². The third-order valence-electron chi connectivity index (χ3n) is 1.67. The van der Waals surface area contributed by atoms with Crippen LogP contribution in [0.5, 0.6) is 0 Å². The van der Waals surface area contributed by atoms with Crippen LogP contribution in [0.3, 0.4) is 0 Å². The maximum atomic E-state index is 8.25. The second-order valence-corrected chi connectivity index (χ2v) is 2.89. The third-order valence-corrected chi connectivity index (χ3v) is 1.67. The Balaban J connectivity index is 0. The predicted octanol–water partition coefficient (Wildman–Crippen LogP) is 3.19. The molecule has 18 heavy (non-hydrogen) atoms. The second-order valence-electron chi connectivity index (χ2n) is 2.89. The molecule has 0 radical (unpaired) electrons. The maximum absolute atomic E-state index is 8.25. The van der Waals surface area contributed by atoms with Gasteiger partial charge in [-0.25, -0.2) is 36.4 Å². The SMILES string of the molecule is C[O-].[Th+4].c1cc[cH-]c1.c1cc[cH-]c1.c1cc[cH-]c1. The molecule has 0 atom stereocenters. The topological polar surface area (TPSA) is 23.1 Å². The molecule has 0 spiro atoms. The molecule has 0 heterocycles. The summed E-state index contributed by atoms with van der Waals surface area (Å²) in [5, 5.41) is 8.25. The van der Waals surface area contributed by atoms with Crippen LogP contribution in [0.2, 0.25) is 0 Å². The van der Waals surface area contributed by atoms with E-state index in [1.165, 1.54) is 0 Å². The van der Waals surface area contributed by atoms with Gasteiger partial charge in [0.2, 0.25) is 0 Å². The molecule has 0 saturated heterocycles. The van der Waals surface area contributed by atoms with E-state index >= 15 is 0 Å². The normalized spacial score (nSPS) is 7.00. The van der Waals surface area contributed by atoms with Gasteiger partial charge in [-0.1, -0.05) is 0 Å². The van der Waals surface area contributed by atoms with Gasteiger partial charge in [0.05, 0.1) is 0 Å². The van der Waals surface area contributed by atoms with Crippen molar-refractivity contribution in [1.29, 1.82) is 0 Å². The molecule has 3 aromatic rings. The van der Waals surface area contributed by atoms with Crippen molar-refractivity contribution >= 4 is 0 Å². The van der Waals surface area contributed by atoms with Crippen LogP contribution in [-0.4, -0.2) is 7.11 Å². The molecule has 0 fully saturated rings. The summed E-state index contributed by atoms with van der Waals surface area (Å²) in [5.74, 6) is 0. The molecule has 0 bridgehead atoms. The Hall–Kier alpha value is -0.665. The largest absolute Gasteiger partial charge is 4.00 e. The summed E-state index contributed by atoms with van der Waals surface area (Å²) in [6.45, 7) is 0. The Morgan fingerprint density at radius 1 is 0.500 bits per heavy atom. The summed E-state index contributed by atoms with van der Waals surface area (Å²) in [5.41, 5.74) is 0. The van der Waals surface area contributed by atoms with E-state index in [1.54, 1.807) is 0 Å². The van der Waals surface area contributed by atoms with E-state index < -0.39 is 0 Å². The monoisotopic (exact) mass is 458 g/mol. The van der Waals surface area contributed by atoms with E-state index in [9.17, 15) is 0 Å². The van der Waals surface area contributed by atoms with E-state index in [4.69, 9.17) is 5.11 Å². The van der Waals surface area contributed by atoms with Crippen molar-refractivity contribution < 1.29 is 45.0 Å². The van der Waals surface area contributed by atoms with Gasteiger partial charge in [0.15, 0.2) is 0 Å². The van der Waals surface area contributed by atoms with E-state index in [0.29, 0.717) is 0 Å². The number of hydrogen-bond donors (Lipinski definition) is 0. The minimum Gasteiger partial charge on any atom is -0.857 e. The average molecular weight is 458 g/mol. The fourth-order valence-electron chi connectivity index (χ4n) is 0.962. The number of hydrogen-bond acceptors (Lipinski definition) is 1. The van der Waals surface area contributed by atoms with Crippen molar-refractivity contribution in [2.75, 3.05) is 7.11 Å². The smallest absolute Gasteiger partial charge is 0.857 e. The molecule has 3 aromatic carbocycles. The van der Waals surface area contributed by atoms with Crippen molar-refractivity contribution in [3.05, 3.63) is 91.0 Å². The Labute approximate surface area is 142 Å². The molecule has 0 unspecified atom stereocenters. The Kier molecular flexibility index (Phi) is 20.4. The van der Waals surface area contributed by atoms with Crippen LogP contribution in [-0.2, 0) is 0 Å². The molecule has 0 aliphatic heterocycles. The molecule has 92 valence electrons. The third kappa shape index (κ3) is 15.3. The second kappa shape index (κ2) is 18.7. The molecule has 3 rings (SSSR count). The van der Waals surface area contributed by atoms with Crippen LogP contribution in [0.4, 0.5) is 0 Å². The zero-order valence-electron chi connectivity index (χ0n) is 10.6. The first kappa shape index (κ1) is 19.7. The van der Waals surface area contributed by atoms with Crippen LogP contribution in [0.1, 0.15) is 0 Å².